The fourth-order valence-corrected chi connectivity index (χ4v) is 4.05. The number of Topliss-reactive ketones (excluding diaryl/α,β-unsaturated/α-hetero) is 2. The Hall–Kier alpha value is -1.74. The van der Waals surface area contributed by atoms with Crippen LogP contribution in [0.4, 0.5) is 35.1 Å². The van der Waals surface area contributed by atoms with Gasteiger partial charge in [-0.2, -0.15) is 43.5 Å². The molecular formula is C17H21F8NO9S2. The Labute approximate surface area is 205 Å². The third-order valence-corrected chi connectivity index (χ3v) is 7.13. The number of hydrogen-bond acceptors (Lipinski definition) is 8. The largest absolute Gasteiger partial charge is 0.511 e. The van der Waals surface area contributed by atoms with Gasteiger partial charge in [0.2, 0.25) is 5.78 Å². The van der Waals surface area contributed by atoms with Crippen molar-refractivity contribution in [2.24, 2.45) is 5.92 Å². The Morgan fingerprint density at radius 1 is 1.00 bits per heavy atom. The highest BCUT2D eigenvalue weighted by atomic mass is 32.2. The Balaban J connectivity index is 3.60. The number of ketones is 2. The molecule has 0 saturated carbocycles. The van der Waals surface area contributed by atoms with Crippen LogP contribution in [-0.2, 0) is 39.2 Å². The topological polar surface area (TPSA) is 153 Å². The number of hydrogen-bond donors (Lipinski definition) is 2. The van der Waals surface area contributed by atoms with Gasteiger partial charge in [0.25, 0.3) is 5.78 Å². The van der Waals surface area contributed by atoms with Gasteiger partial charge in [0.05, 0.1) is 19.1 Å². The van der Waals surface area contributed by atoms with Gasteiger partial charge in [0.1, 0.15) is 0 Å². The molecule has 0 bridgehead atoms. The highest BCUT2D eigenvalue weighted by Crippen LogP contribution is 2.42. The van der Waals surface area contributed by atoms with Crippen LogP contribution in [0.3, 0.4) is 0 Å². The molecule has 1 atom stereocenters. The van der Waals surface area contributed by atoms with Crippen LogP contribution in [0.5, 0.6) is 0 Å². The first-order valence-corrected chi connectivity index (χ1v) is 12.8. The summed E-state index contributed by atoms with van der Waals surface area (Å²) in [6, 6.07) is 0. The molecule has 1 aliphatic rings. The lowest BCUT2D eigenvalue weighted by molar-refractivity contribution is -0.279. The van der Waals surface area contributed by atoms with Gasteiger partial charge in [-0.3, -0.25) is 14.1 Å². The SMILES string of the molecule is CC(C(=O)C(=O)C(F)(F)S(=O)(=O)O)=C(CCNS(=O)(=O)C(F)(F)F)C(CC1(C)OCCCO1)C(F)(F)F. The van der Waals surface area contributed by atoms with E-state index in [0.717, 1.165) is 11.6 Å². The van der Waals surface area contributed by atoms with E-state index in [9.17, 15) is 61.5 Å². The van der Waals surface area contributed by atoms with Crippen molar-refractivity contribution >= 4 is 31.7 Å². The molecular weight excluding hydrogens is 578 g/mol. The number of halogens is 8. The highest BCUT2D eigenvalue weighted by Gasteiger charge is 2.56. The minimum Gasteiger partial charge on any atom is -0.350 e. The summed E-state index contributed by atoms with van der Waals surface area (Å²) in [4.78, 5) is 24.1. The molecule has 1 rings (SSSR count). The number of rotatable bonds is 11. The van der Waals surface area contributed by atoms with Gasteiger partial charge in [-0.05, 0) is 32.3 Å². The van der Waals surface area contributed by atoms with Crippen LogP contribution >= 0.6 is 0 Å². The van der Waals surface area contributed by atoms with Gasteiger partial charge < -0.3 is 9.47 Å². The molecule has 1 aliphatic heterocycles. The van der Waals surface area contributed by atoms with Gasteiger partial charge >= 0.3 is 37.1 Å². The Morgan fingerprint density at radius 2 is 1.49 bits per heavy atom. The molecule has 0 spiro atoms. The molecule has 37 heavy (non-hydrogen) atoms. The molecule has 1 unspecified atom stereocenters. The first-order chi connectivity index (χ1) is 16.4. The van der Waals surface area contributed by atoms with Crippen molar-refractivity contribution in [2.75, 3.05) is 19.8 Å². The smallest absolute Gasteiger partial charge is 0.350 e. The average Bonchev–Trinajstić information content (AvgIpc) is 2.72. The Bertz CT molecular complexity index is 1120. The summed E-state index contributed by atoms with van der Waals surface area (Å²) >= 11 is 0. The molecule has 0 aromatic heterocycles. The molecule has 0 aromatic rings. The van der Waals surface area contributed by atoms with E-state index in [0.29, 0.717) is 6.92 Å². The van der Waals surface area contributed by atoms with Crippen molar-refractivity contribution < 1.29 is 75.6 Å². The van der Waals surface area contributed by atoms with Crippen LogP contribution in [-0.4, -0.2) is 75.4 Å². The van der Waals surface area contributed by atoms with E-state index in [4.69, 9.17) is 14.0 Å². The summed E-state index contributed by atoms with van der Waals surface area (Å²) in [7, 11) is -12.6. The molecule has 1 fully saturated rings. The lowest BCUT2D eigenvalue weighted by Gasteiger charge is -2.38. The second kappa shape index (κ2) is 11.2. The quantitative estimate of drug-likeness (QED) is 0.158. The van der Waals surface area contributed by atoms with E-state index in [2.05, 4.69) is 0 Å². The lowest BCUT2D eigenvalue weighted by Crippen LogP contribution is -2.45. The van der Waals surface area contributed by atoms with Crippen molar-refractivity contribution in [2.45, 2.75) is 55.8 Å². The Kier molecular flexibility index (Phi) is 10.0. The summed E-state index contributed by atoms with van der Waals surface area (Å²) in [6.07, 6.45) is -7.71. The number of carbonyl (C=O) groups excluding carboxylic acids is 2. The Morgan fingerprint density at radius 3 is 1.89 bits per heavy atom. The van der Waals surface area contributed by atoms with Crippen molar-refractivity contribution in [3.8, 4) is 0 Å². The number of allylic oxidation sites excluding steroid dienone is 1. The van der Waals surface area contributed by atoms with E-state index in [1.807, 2.05) is 0 Å². The van der Waals surface area contributed by atoms with E-state index in [1.165, 1.54) is 0 Å². The zero-order chi connectivity index (χ0) is 29.3. The summed E-state index contributed by atoms with van der Waals surface area (Å²) in [5.41, 5.74) is -8.68. The fourth-order valence-electron chi connectivity index (χ4n) is 3.19. The molecule has 20 heteroatoms. The maximum atomic E-state index is 14.0. The van der Waals surface area contributed by atoms with Crippen LogP contribution in [0.1, 0.15) is 33.1 Å². The zero-order valence-corrected chi connectivity index (χ0v) is 20.5. The molecule has 0 amide bonds. The second-order valence-electron chi connectivity index (χ2n) is 7.88. The lowest BCUT2D eigenvalue weighted by atomic mass is 9.84. The molecule has 0 aliphatic carbocycles. The van der Waals surface area contributed by atoms with Crippen LogP contribution in [0.2, 0.25) is 0 Å². The number of ether oxygens (including phenoxy) is 2. The zero-order valence-electron chi connectivity index (χ0n) is 18.9. The molecule has 0 aromatic carbocycles. The van der Waals surface area contributed by atoms with Crippen LogP contribution in [0.15, 0.2) is 11.1 Å². The molecule has 0 radical (unpaired) electrons. The monoisotopic (exact) mass is 599 g/mol. The van der Waals surface area contributed by atoms with Crippen LogP contribution in [0.25, 0.3) is 0 Å². The molecule has 2 N–H and O–H groups in total. The summed E-state index contributed by atoms with van der Waals surface area (Å²) in [5, 5.41) is -5.77. The fraction of sp³-hybridized carbons (Fsp3) is 0.765. The third-order valence-electron chi connectivity index (χ3n) is 5.10. The molecule has 1 heterocycles. The van der Waals surface area contributed by atoms with Gasteiger partial charge in [-0.1, -0.05) is 0 Å². The maximum Gasteiger partial charge on any atom is 0.511 e. The number of alkyl halides is 8. The van der Waals surface area contributed by atoms with Crippen molar-refractivity contribution in [3.05, 3.63) is 11.1 Å². The molecule has 216 valence electrons. The minimum atomic E-state index is -6.54. The number of sulfonamides is 1. The number of carbonyl (C=O) groups is 2. The van der Waals surface area contributed by atoms with Gasteiger partial charge in [0.15, 0.2) is 5.79 Å². The maximum absolute atomic E-state index is 14.0. The second-order valence-corrected chi connectivity index (χ2v) is 11.1. The van der Waals surface area contributed by atoms with Gasteiger partial charge in [-0.25, -0.2) is 13.1 Å². The first kappa shape index (κ1) is 33.3. The first-order valence-electron chi connectivity index (χ1n) is 9.91. The van der Waals surface area contributed by atoms with Crippen LogP contribution < -0.4 is 4.72 Å². The van der Waals surface area contributed by atoms with E-state index in [-0.39, 0.29) is 19.6 Å². The van der Waals surface area contributed by atoms with E-state index >= 15 is 0 Å². The predicted octanol–water partition coefficient (Wildman–Crippen LogP) is 2.47. The van der Waals surface area contributed by atoms with Gasteiger partial charge in [0, 0.05) is 18.5 Å². The van der Waals surface area contributed by atoms with Crippen molar-refractivity contribution in [1.82, 2.24) is 4.72 Å². The number of nitrogens with one attached hydrogen (secondary N) is 1. The predicted molar refractivity (Wildman–Crippen MR) is 106 cm³/mol. The molecule has 1 saturated heterocycles. The molecule has 10 nitrogen and oxygen atoms in total. The van der Waals surface area contributed by atoms with Crippen LogP contribution in [0, 0.1) is 5.92 Å². The average molecular weight is 599 g/mol. The minimum absolute atomic E-state index is 0.0948. The highest BCUT2D eigenvalue weighted by molar-refractivity contribution is 7.90. The van der Waals surface area contributed by atoms with E-state index < -0.39 is 90.9 Å². The summed E-state index contributed by atoms with van der Waals surface area (Å²) < 4.78 is 171. The summed E-state index contributed by atoms with van der Waals surface area (Å²) in [5.74, 6) is -10.6. The third kappa shape index (κ3) is 8.12. The van der Waals surface area contributed by atoms with E-state index in [1.54, 1.807) is 0 Å². The van der Waals surface area contributed by atoms with Crippen molar-refractivity contribution in [3.63, 3.8) is 0 Å². The standard InChI is InChI=1S/C17H21F8NO9S2/c1-9(12(27)13(28)16(21,22)37(31,32)33)10(4-5-26-36(29,30)17(23,24)25)11(15(18,19)20)8-14(2)34-6-3-7-35-14/h11,26H,3-8H2,1-2H3,(H,31,32,33). The van der Waals surface area contributed by atoms with Gasteiger partial charge in [-0.15, -0.1) is 0 Å². The summed E-state index contributed by atoms with van der Waals surface area (Å²) in [6.45, 7) is -0.234. The normalized spacial score (nSPS) is 19.2. The van der Waals surface area contributed by atoms with Crippen molar-refractivity contribution in [1.29, 1.82) is 0 Å².